The zero-order valence-corrected chi connectivity index (χ0v) is 6.02. The van der Waals surface area contributed by atoms with Gasteiger partial charge in [-0.2, -0.15) is 5.26 Å². The molecule has 0 atom stereocenters. The minimum absolute atomic E-state index is 0.574. The lowest BCUT2D eigenvalue weighted by molar-refractivity contribution is 0.251. The van der Waals surface area contributed by atoms with Gasteiger partial charge in [0, 0.05) is 26.6 Å². The van der Waals surface area contributed by atoms with Crippen LogP contribution in [0.5, 0.6) is 0 Å². The minimum Gasteiger partial charge on any atom is -0.254 e. The van der Waals surface area contributed by atoms with Crippen molar-refractivity contribution in [2.45, 2.75) is 13.3 Å². The second kappa shape index (κ2) is 5.54. The highest BCUT2D eigenvalue weighted by Gasteiger charge is 1.88. The average Bonchev–Trinajstić information content (AvgIpc) is 1.89. The first-order valence-electron chi connectivity index (χ1n) is 3.12. The van der Waals surface area contributed by atoms with E-state index in [9.17, 15) is 0 Å². The van der Waals surface area contributed by atoms with Gasteiger partial charge in [-0.1, -0.05) is 6.92 Å². The Balaban J connectivity index is 2.99. The Morgan fingerprint density at radius 3 is 2.78 bits per heavy atom. The maximum atomic E-state index is 8.14. The summed E-state index contributed by atoms with van der Waals surface area (Å²) >= 11 is 0. The van der Waals surface area contributed by atoms with Crippen LogP contribution < -0.4 is 5.43 Å². The Kier molecular flexibility index (Phi) is 5.18. The standard InChI is InChI=1S/C6H13N3/c1-3-9(2)8-6-4-5-7/h8H,3-4,6H2,1-2H3. The van der Waals surface area contributed by atoms with Crippen molar-refractivity contribution in [2.75, 3.05) is 20.1 Å². The van der Waals surface area contributed by atoms with Crippen LogP contribution in [-0.2, 0) is 0 Å². The Morgan fingerprint density at radius 2 is 2.33 bits per heavy atom. The Morgan fingerprint density at radius 1 is 1.67 bits per heavy atom. The number of nitrogens with zero attached hydrogens (tertiary/aromatic N) is 2. The van der Waals surface area contributed by atoms with Gasteiger partial charge in [0.1, 0.15) is 0 Å². The summed E-state index contributed by atoms with van der Waals surface area (Å²) in [7, 11) is 1.96. The molecule has 0 saturated carbocycles. The van der Waals surface area contributed by atoms with Gasteiger partial charge in [0.25, 0.3) is 0 Å². The van der Waals surface area contributed by atoms with E-state index in [0.29, 0.717) is 6.42 Å². The summed E-state index contributed by atoms with van der Waals surface area (Å²) in [6.07, 6.45) is 0.574. The van der Waals surface area contributed by atoms with Crippen molar-refractivity contribution < 1.29 is 0 Å². The lowest BCUT2D eigenvalue weighted by atomic mass is 10.5. The summed E-state index contributed by atoms with van der Waals surface area (Å²) < 4.78 is 0. The summed E-state index contributed by atoms with van der Waals surface area (Å²) in [6.45, 7) is 3.77. The molecule has 0 aromatic heterocycles. The highest BCUT2D eigenvalue weighted by atomic mass is 15.5. The average molecular weight is 127 g/mol. The molecule has 0 aliphatic rings. The van der Waals surface area contributed by atoms with Crippen molar-refractivity contribution in [3.8, 4) is 6.07 Å². The van der Waals surface area contributed by atoms with Gasteiger partial charge < -0.3 is 0 Å². The first-order chi connectivity index (χ1) is 4.31. The van der Waals surface area contributed by atoms with Crippen molar-refractivity contribution in [3.63, 3.8) is 0 Å². The summed E-state index contributed by atoms with van der Waals surface area (Å²) in [5, 5.41) is 10.1. The van der Waals surface area contributed by atoms with Crippen LogP contribution in [0.2, 0.25) is 0 Å². The monoisotopic (exact) mass is 127 g/mol. The fraction of sp³-hybridized carbons (Fsp3) is 0.833. The van der Waals surface area contributed by atoms with Gasteiger partial charge in [0.15, 0.2) is 0 Å². The third kappa shape index (κ3) is 5.28. The topological polar surface area (TPSA) is 39.1 Å². The van der Waals surface area contributed by atoms with Crippen LogP contribution in [-0.4, -0.2) is 25.1 Å². The van der Waals surface area contributed by atoms with Crippen molar-refractivity contribution in [1.82, 2.24) is 10.4 Å². The molecule has 0 saturated heterocycles. The highest BCUT2D eigenvalue weighted by molar-refractivity contribution is 4.68. The number of hydrogen-bond acceptors (Lipinski definition) is 3. The smallest absolute Gasteiger partial charge is 0.0635 e. The van der Waals surface area contributed by atoms with Crippen LogP contribution in [0.25, 0.3) is 0 Å². The predicted octanol–water partition coefficient (Wildman–Crippen LogP) is 0.356. The summed E-state index contributed by atoms with van der Waals surface area (Å²) in [4.78, 5) is 0. The van der Waals surface area contributed by atoms with E-state index in [1.54, 1.807) is 0 Å². The van der Waals surface area contributed by atoms with E-state index >= 15 is 0 Å². The number of rotatable bonds is 4. The largest absolute Gasteiger partial charge is 0.254 e. The van der Waals surface area contributed by atoms with E-state index in [0.717, 1.165) is 13.1 Å². The number of hydrogen-bond donors (Lipinski definition) is 1. The zero-order valence-electron chi connectivity index (χ0n) is 6.02. The minimum atomic E-state index is 0.574. The molecule has 3 heteroatoms. The lowest BCUT2D eigenvalue weighted by Crippen LogP contribution is -2.34. The second-order valence-corrected chi connectivity index (χ2v) is 1.83. The summed E-state index contributed by atoms with van der Waals surface area (Å²) in [6, 6.07) is 2.06. The van der Waals surface area contributed by atoms with E-state index < -0.39 is 0 Å². The van der Waals surface area contributed by atoms with E-state index in [2.05, 4.69) is 18.4 Å². The molecule has 0 bridgehead atoms. The van der Waals surface area contributed by atoms with Crippen LogP contribution in [0.3, 0.4) is 0 Å². The molecule has 0 aliphatic carbocycles. The molecule has 0 heterocycles. The lowest BCUT2D eigenvalue weighted by Gasteiger charge is -2.13. The molecule has 0 radical (unpaired) electrons. The molecule has 0 aromatic rings. The van der Waals surface area contributed by atoms with E-state index in [4.69, 9.17) is 5.26 Å². The van der Waals surface area contributed by atoms with Gasteiger partial charge >= 0.3 is 0 Å². The number of hydrazine groups is 1. The van der Waals surface area contributed by atoms with Gasteiger partial charge in [-0.25, -0.2) is 5.01 Å². The van der Waals surface area contributed by atoms with Crippen LogP contribution >= 0.6 is 0 Å². The van der Waals surface area contributed by atoms with Gasteiger partial charge in [0.2, 0.25) is 0 Å². The zero-order chi connectivity index (χ0) is 7.11. The molecule has 1 N–H and O–H groups in total. The SMILES string of the molecule is CCN(C)NCCC#N. The molecule has 0 aromatic carbocycles. The van der Waals surface area contributed by atoms with Gasteiger partial charge in [-0.15, -0.1) is 0 Å². The predicted molar refractivity (Wildman–Crippen MR) is 36.5 cm³/mol. The first kappa shape index (κ1) is 8.41. The molecule has 0 aliphatic heterocycles. The normalized spacial score (nSPS) is 9.56. The molecule has 52 valence electrons. The molecule has 9 heavy (non-hydrogen) atoms. The Labute approximate surface area is 56.2 Å². The van der Waals surface area contributed by atoms with E-state index in [-0.39, 0.29) is 0 Å². The molecule has 0 spiro atoms. The van der Waals surface area contributed by atoms with Crippen LogP contribution in [0.15, 0.2) is 0 Å². The maximum absolute atomic E-state index is 8.14. The second-order valence-electron chi connectivity index (χ2n) is 1.83. The quantitative estimate of drug-likeness (QED) is 0.437. The number of nitrogens with one attached hydrogen (secondary N) is 1. The fourth-order valence-electron chi connectivity index (χ4n) is 0.414. The van der Waals surface area contributed by atoms with Gasteiger partial charge in [-0.05, 0) is 0 Å². The van der Waals surface area contributed by atoms with Gasteiger partial charge in [-0.3, -0.25) is 5.43 Å². The molecule has 0 fully saturated rings. The molecule has 3 nitrogen and oxygen atoms in total. The van der Waals surface area contributed by atoms with Crippen molar-refractivity contribution in [1.29, 1.82) is 5.26 Å². The third-order valence-corrected chi connectivity index (χ3v) is 1.09. The van der Waals surface area contributed by atoms with Crippen LogP contribution in [0.1, 0.15) is 13.3 Å². The Hall–Kier alpha value is -0.590. The molecular formula is C6H13N3. The molecule has 0 amide bonds. The summed E-state index contributed by atoms with van der Waals surface area (Å²) in [5.41, 5.74) is 3.04. The van der Waals surface area contributed by atoms with Crippen molar-refractivity contribution in [3.05, 3.63) is 0 Å². The first-order valence-corrected chi connectivity index (χ1v) is 3.12. The highest BCUT2D eigenvalue weighted by Crippen LogP contribution is 1.74. The van der Waals surface area contributed by atoms with E-state index in [1.165, 1.54) is 0 Å². The molecule has 0 rings (SSSR count). The van der Waals surface area contributed by atoms with Crippen molar-refractivity contribution in [2.24, 2.45) is 0 Å². The van der Waals surface area contributed by atoms with Gasteiger partial charge in [0.05, 0.1) is 6.07 Å². The molecular weight excluding hydrogens is 114 g/mol. The summed E-state index contributed by atoms with van der Waals surface area (Å²) in [5.74, 6) is 0. The van der Waals surface area contributed by atoms with Crippen molar-refractivity contribution >= 4 is 0 Å². The van der Waals surface area contributed by atoms with E-state index in [1.807, 2.05) is 12.1 Å². The van der Waals surface area contributed by atoms with Crippen LogP contribution in [0.4, 0.5) is 0 Å². The molecule has 0 unspecified atom stereocenters. The maximum Gasteiger partial charge on any atom is 0.0635 e. The fourth-order valence-corrected chi connectivity index (χ4v) is 0.414. The third-order valence-electron chi connectivity index (χ3n) is 1.09. The number of nitriles is 1. The Bertz CT molecular complexity index is 95.0. The van der Waals surface area contributed by atoms with Crippen LogP contribution in [0, 0.1) is 11.3 Å².